The predicted octanol–water partition coefficient (Wildman–Crippen LogP) is 3.37. The standard InChI is InChI=1S/C27H30FN3O5/c1-31-22-9-8-20(13-25(32)29-14-16-5-6-16)36-24(22)15-35-23-10-7-19(12-21(23)27(31)34)30-26(33)17-3-2-4-18(28)11-17/h2-4,7,10-12,16,20,22,24H,5-6,8-9,13-15H2,1H3,(H,29,32)(H,30,33)/t20-,22-,24+/m1/s1. The number of nitrogens with zero attached hydrogens (tertiary/aromatic N) is 1. The Bertz CT molecular complexity index is 1170. The summed E-state index contributed by atoms with van der Waals surface area (Å²) in [5, 5.41) is 5.70. The maximum Gasteiger partial charge on any atom is 0.257 e. The predicted molar refractivity (Wildman–Crippen MR) is 130 cm³/mol. The van der Waals surface area contributed by atoms with Crippen molar-refractivity contribution in [3.05, 3.63) is 59.4 Å². The van der Waals surface area contributed by atoms with Gasteiger partial charge in [0.2, 0.25) is 5.91 Å². The highest BCUT2D eigenvalue weighted by Crippen LogP contribution is 2.33. The van der Waals surface area contributed by atoms with E-state index in [4.69, 9.17) is 9.47 Å². The van der Waals surface area contributed by atoms with E-state index in [-0.39, 0.29) is 42.2 Å². The van der Waals surface area contributed by atoms with Crippen LogP contribution in [0, 0.1) is 11.7 Å². The summed E-state index contributed by atoms with van der Waals surface area (Å²) < 4.78 is 25.7. The molecule has 0 bridgehead atoms. The van der Waals surface area contributed by atoms with Gasteiger partial charge in [-0.05, 0) is 68.0 Å². The molecule has 1 aliphatic carbocycles. The third-order valence-corrected chi connectivity index (χ3v) is 7.05. The number of hydrogen-bond donors (Lipinski definition) is 2. The van der Waals surface area contributed by atoms with Crippen molar-refractivity contribution in [3.8, 4) is 5.75 Å². The summed E-state index contributed by atoms with van der Waals surface area (Å²) in [7, 11) is 1.74. The Morgan fingerprint density at radius 3 is 2.72 bits per heavy atom. The molecule has 0 radical (unpaired) electrons. The third-order valence-electron chi connectivity index (χ3n) is 7.05. The Morgan fingerprint density at radius 1 is 1.11 bits per heavy atom. The summed E-state index contributed by atoms with van der Waals surface area (Å²) in [5.41, 5.74) is 0.914. The number of nitrogens with one attached hydrogen (secondary N) is 2. The second-order valence-electron chi connectivity index (χ2n) is 9.80. The fourth-order valence-electron chi connectivity index (χ4n) is 4.80. The molecule has 0 aromatic heterocycles. The van der Waals surface area contributed by atoms with E-state index in [0.29, 0.717) is 42.2 Å². The molecule has 2 heterocycles. The van der Waals surface area contributed by atoms with Gasteiger partial charge in [0.05, 0.1) is 24.1 Å². The molecule has 8 nitrogen and oxygen atoms in total. The summed E-state index contributed by atoms with van der Waals surface area (Å²) in [6, 6.07) is 10.0. The van der Waals surface area contributed by atoms with E-state index >= 15 is 0 Å². The molecule has 3 amide bonds. The minimum absolute atomic E-state index is 0.000271. The van der Waals surface area contributed by atoms with E-state index in [1.807, 2.05) is 0 Å². The molecule has 2 aromatic carbocycles. The Morgan fingerprint density at radius 2 is 1.94 bits per heavy atom. The zero-order valence-electron chi connectivity index (χ0n) is 20.2. The van der Waals surface area contributed by atoms with Gasteiger partial charge >= 0.3 is 0 Å². The van der Waals surface area contributed by atoms with Crippen LogP contribution in [0.5, 0.6) is 5.75 Å². The molecule has 3 aliphatic rings. The first-order chi connectivity index (χ1) is 17.4. The zero-order valence-corrected chi connectivity index (χ0v) is 20.2. The third kappa shape index (κ3) is 5.51. The van der Waals surface area contributed by atoms with Crippen molar-refractivity contribution in [2.75, 3.05) is 25.5 Å². The lowest BCUT2D eigenvalue weighted by Crippen LogP contribution is -2.54. The molecule has 2 N–H and O–H groups in total. The Hall–Kier alpha value is -3.46. The Kier molecular flexibility index (Phi) is 6.91. The van der Waals surface area contributed by atoms with Gasteiger partial charge in [-0.2, -0.15) is 0 Å². The minimum Gasteiger partial charge on any atom is -0.490 e. The zero-order chi connectivity index (χ0) is 25.2. The molecule has 0 spiro atoms. The normalized spacial score (nSPS) is 23.4. The largest absolute Gasteiger partial charge is 0.490 e. The van der Waals surface area contributed by atoms with Crippen molar-refractivity contribution in [1.29, 1.82) is 0 Å². The molecule has 0 unspecified atom stereocenters. The lowest BCUT2D eigenvalue weighted by atomic mass is 9.94. The van der Waals surface area contributed by atoms with Gasteiger partial charge in [0.25, 0.3) is 11.8 Å². The average molecular weight is 496 g/mol. The minimum atomic E-state index is -0.503. The van der Waals surface area contributed by atoms with Crippen molar-refractivity contribution in [1.82, 2.24) is 10.2 Å². The van der Waals surface area contributed by atoms with Gasteiger partial charge in [-0.15, -0.1) is 0 Å². The molecule has 36 heavy (non-hydrogen) atoms. The van der Waals surface area contributed by atoms with Crippen molar-refractivity contribution in [2.45, 2.75) is 50.4 Å². The summed E-state index contributed by atoms with van der Waals surface area (Å²) in [4.78, 5) is 39.8. The van der Waals surface area contributed by atoms with Gasteiger partial charge < -0.3 is 25.0 Å². The number of ether oxygens (including phenoxy) is 2. The maximum atomic E-state index is 13.5. The first kappa shape index (κ1) is 24.2. The van der Waals surface area contributed by atoms with E-state index in [0.717, 1.165) is 12.6 Å². The highest BCUT2D eigenvalue weighted by molar-refractivity contribution is 6.05. The molecule has 9 heteroatoms. The van der Waals surface area contributed by atoms with Crippen LogP contribution in [0.3, 0.4) is 0 Å². The summed E-state index contributed by atoms with van der Waals surface area (Å²) >= 11 is 0. The van der Waals surface area contributed by atoms with Crippen LogP contribution in [0.2, 0.25) is 0 Å². The number of fused-ring (bicyclic) bond motifs is 2. The topological polar surface area (TPSA) is 97.0 Å². The van der Waals surface area contributed by atoms with Gasteiger partial charge in [-0.25, -0.2) is 4.39 Å². The Labute approximate surface area is 209 Å². The van der Waals surface area contributed by atoms with Crippen LogP contribution >= 0.6 is 0 Å². The first-order valence-corrected chi connectivity index (χ1v) is 12.4. The van der Waals surface area contributed by atoms with Crippen LogP contribution in [0.4, 0.5) is 10.1 Å². The van der Waals surface area contributed by atoms with Crippen LogP contribution in [0.15, 0.2) is 42.5 Å². The number of benzene rings is 2. The fourth-order valence-corrected chi connectivity index (χ4v) is 4.80. The van der Waals surface area contributed by atoms with Crippen LogP contribution in [0.25, 0.3) is 0 Å². The average Bonchev–Trinajstić information content (AvgIpc) is 3.70. The van der Waals surface area contributed by atoms with E-state index in [1.165, 1.54) is 31.0 Å². The quantitative estimate of drug-likeness (QED) is 0.641. The first-order valence-electron chi connectivity index (χ1n) is 12.4. The number of halogens is 1. The molecule has 1 saturated heterocycles. The molecule has 2 aliphatic heterocycles. The molecule has 3 atom stereocenters. The van der Waals surface area contributed by atoms with Gasteiger partial charge in [0.15, 0.2) is 0 Å². The number of rotatable bonds is 6. The number of likely N-dealkylation sites (N-methyl/N-ethyl adjacent to an activating group) is 1. The van der Waals surface area contributed by atoms with Crippen LogP contribution in [-0.2, 0) is 9.53 Å². The number of carbonyl (C=O) groups is 3. The molecular weight excluding hydrogens is 465 g/mol. The van der Waals surface area contributed by atoms with Crippen molar-refractivity contribution < 1.29 is 28.2 Å². The molecule has 190 valence electrons. The van der Waals surface area contributed by atoms with Crippen molar-refractivity contribution >= 4 is 23.4 Å². The number of hydrogen-bond acceptors (Lipinski definition) is 5. The van der Waals surface area contributed by atoms with Crippen LogP contribution in [-0.4, -0.2) is 61.1 Å². The van der Waals surface area contributed by atoms with Crippen LogP contribution in [0.1, 0.15) is 52.8 Å². The van der Waals surface area contributed by atoms with Gasteiger partial charge in [-0.3, -0.25) is 14.4 Å². The Balaban J connectivity index is 1.26. The molecule has 5 rings (SSSR count). The van der Waals surface area contributed by atoms with E-state index < -0.39 is 11.7 Å². The number of anilines is 1. The summed E-state index contributed by atoms with van der Waals surface area (Å²) in [6.07, 6.45) is 3.48. The molecule has 2 fully saturated rings. The molecule has 1 saturated carbocycles. The SMILES string of the molecule is CN1C(=O)c2cc(NC(=O)c3cccc(F)c3)ccc2OC[C@@H]2O[C@@H](CC(=O)NCC3CC3)CC[C@H]21. The van der Waals surface area contributed by atoms with Gasteiger partial charge in [-0.1, -0.05) is 6.07 Å². The second-order valence-corrected chi connectivity index (χ2v) is 9.80. The van der Waals surface area contributed by atoms with E-state index in [2.05, 4.69) is 10.6 Å². The van der Waals surface area contributed by atoms with E-state index in [9.17, 15) is 18.8 Å². The lowest BCUT2D eigenvalue weighted by molar-refractivity contribution is -0.134. The highest BCUT2D eigenvalue weighted by Gasteiger charge is 2.39. The maximum absolute atomic E-state index is 13.5. The van der Waals surface area contributed by atoms with Gasteiger partial charge in [0, 0.05) is 24.8 Å². The number of amides is 3. The van der Waals surface area contributed by atoms with E-state index in [1.54, 1.807) is 30.1 Å². The second kappa shape index (κ2) is 10.3. The molecular formula is C27H30FN3O5. The molecule has 2 aromatic rings. The van der Waals surface area contributed by atoms with Crippen LogP contribution < -0.4 is 15.4 Å². The highest BCUT2D eigenvalue weighted by atomic mass is 19.1. The smallest absolute Gasteiger partial charge is 0.257 e. The summed E-state index contributed by atoms with van der Waals surface area (Å²) in [6.45, 7) is 0.976. The monoisotopic (exact) mass is 495 g/mol. The number of carbonyl (C=O) groups excluding carboxylic acids is 3. The fraction of sp³-hybridized carbons (Fsp3) is 0.444. The summed E-state index contributed by atoms with van der Waals surface area (Å²) in [5.74, 6) is -0.210. The van der Waals surface area contributed by atoms with Crippen molar-refractivity contribution in [2.24, 2.45) is 5.92 Å². The van der Waals surface area contributed by atoms with Gasteiger partial charge in [0.1, 0.15) is 24.3 Å². The van der Waals surface area contributed by atoms with Crippen molar-refractivity contribution in [3.63, 3.8) is 0 Å². The lowest BCUT2D eigenvalue weighted by Gasteiger charge is -2.42.